The number of aromatic nitrogens is 2. The second kappa shape index (κ2) is 7.26. The summed E-state index contributed by atoms with van der Waals surface area (Å²) in [5.74, 6) is -0.139. The predicted molar refractivity (Wildman–Crippen MR) is 96.1 cm³/mol. The second-order valence-electron chi connectivity index (χ2n) is 6.16. The minimum atomic E-state index is -3.29. The molecule has 0 unspecified atom stereocenters. The predicted octanol–water partition coefficient (Wildman–Crippen LogP) is 1.42. The van der Waals surface area contributed by atoms with Crippen LogP contribution in [0.3, 0.4) is 0 Å². The zero-order chi connectivity index (χ0) is 17.9. The topological polar surface area (TPSA) is 84.3 Å². The van der Waals surface area contributed by atoms with E-state index < -0.39 is 10.0 Å². The van der Waals surface area contributed by atoms with Gasteiger partial charge in [0.1, 0.15) is 0 Å². The van der Waals surface area contributed by atoms with Crippen molar-refractivity contribution in [2.24, 2.45) is 0 Å². The maximum absolute atomic E-state index is 12.3. The maximum atomic E-state index is 12.3. The summed E-state index contributed by atoms with van der Waals surface area (Å²) in [4.78, 5) is 12.3. The van der Waals surface area contributed by atoms with Gasteiger partial charge in [-0.3, -0.25) is 13.8 Å². The Bertz CT molecular complexity index is 847. The third kappa shape index (κ3) is 4.19. The number of sulfonamides is 1. The molecule has 7 nitrogen and oxygen atoms in total. The van der Waals surface area contributed by atoms with E-state index in [1.54, 1.807) is 24.4 Å². The Morgan fingerprint density at radius 1 is 1.36 bits per heavy atom. The van der Waals surface area contributed by atoms with Crippen LogP contribution < -0.4 is 9.62 Å². The normalized spacial score (nSPS) is 14.2. The molecule has 25 heavy (non-hydrogen) atoms. The van der Waals surface area contributed by atoms with Crippen molar-refractivity contribution in [1.29, 1.82) is 0 Å². The van der Waals surface area contributed by atoms with E-state index in [1.807, 2.05) is 16.9 Å². The molecule has 1 aromatic carbocycles. The molecule has 134 valence electrons. The average molecular weight is 362 g/mol. The van der Waals surface area contributed by atoms with Crippen LogP contribution in [0.4, 0.5) is 5.69 Å². The van der Waals surface area contributed by atoms with Crippen molar-refractivity contribution in [3.63, 3.8) is 0 Å². The molecule has 3 rings (SSSR count). The Morgan fingerprint density at radius 3 is 2.92 bits per heavy atom. The van der Waals surface area contributed by atoms with Gasteiger partial charge in [-0.2, -0.15) is 5.10 Å². The highest BCUT2D eigenvalue weighted by atomic mass is 32.2. The lowest BCUT2D eigenvalue weighted by molar-refractivity contribution is 0.0952. The molecular formula is C17H22N4O3S. The molecule has 1 aliphatic heterocycles. The molecule has 0 saturated heterocycles. The molecule has 0 fully saturated rings. The Labute approximate surface area is 147 Å². The van der Waals surface area contributed by atoms with Crippen LogP contribution in [-0.2, 0) is 23.0 Å². The minimum absolute atomic E-state index is 0.139. The summed E-state index contributed by atoms with van der Waals surface area (Å²) in [7, 11) is -3.29. The highest BCUT2D eigenvalue weighted by Gasteiger charge is 2.24. The third-order valence-corrected chi connectivity index (χ3v) is 5.41. The number of carbonyl (C=O) groups excluding carboxylic acids is 1. The molecular weight excluding hydrogens is 340 g/mol. The van der Waals surface area contributed by atoms with Crippen LogP contribution in [0.5, 0.6) is 0 Å². The number of fused-ring (bicyclic) bond motifs is 1. The zero-order valence-corrected chi connectivity index (χ0v) is 15.0. The number of carbonyl (C=O) groups is 1. The summed E-state index contributed by atoms with van der Waals surface area (Å²) in [5.41, 5.74) is 2.15. The lowest BCUT2D eigenvalue weighted by Gasteiger charge is -2.29. The molecule has 0 atom stereocenters. The molecule has 1 N–H and O–H groups in total. The Kier molecular flexibility index (Phi) is 5.08. The highest BCUT2D eigenvalue weighted by molar-refractivity contribution is 7.92. The number of rotatable bonds is 6. The molecule has 8 heteroatoms. The molecule has 0 bridgehead atoms. The summed E-state index contributed by atoms with van der Waals surface area (Å²) in [5, 5.41) is 7.01. The number of hydrogen-bond acceptors (Lipinski definition) is 4. The van der Waals surface area contributed by atoms with E-state index in [9.17, 15) is 13.2 Å². The van der Waals surface area contributed by atoms with Gasteiger partial charge in [-0.25, -0.2) is 8.42 Å². The van der Waals surface area contributed by atoms with Gasteiger partial charge in [0.25, 0.3) is 5.91 Å². The molecule has 1 aromatic heterocycles. The SMILES string of the molecule is CS(=O)(=O)N1CCCc2cc(C(=O)NCCCn3cccn3)ccc21. The lowest BCUT2D eigenvalue weighted by atomic mass is 10.0. The first-order valence-electron chi connectivity index (χ1n) is 8.31. The average Bonchev–Trinajstić information content (AvgIpc) is 3.10. The molecule has 1 amide bonds. The summed E-state index contributed by atoms with van der Waals surface area (Å²) in [6.45, 7) is 1.80. The van der Waals surface area contributed by atoms with E-state index in [0.717, 1.165) is 31.4 Å². The highest BCUT2D eigenvalue weighted by Crippen LogP contribution is 2.29. The zero-order valence-electron chi connectivity index (χ0n) is 14.2. The first-order chi connectivity index (χ1) is 11.9. The van der Waals surface area contributed by atoms with Crippen LogP contribution >= 0.6 is 0 Å². The smallest absolute Gasteiger partial charge is 0.251 e. The van der Waals surface area contributed by atoms with Gasteiger partial charge >= 0.3 is 0 Å². The van der Waals surface area contributed by atoms with Crippen molar-refractivity contribution >= 4 is 21.6 Å². The summed E-state index contributed by atoms with van der Waals surface area (Å²) >= 11 is 0. The van der Waals surface area contributed by atoms with Gasteiger partial charge in [0, 0.05) is 37.6 Å². The van der Waals surface area contributed by atoms with Crippen LogP contribution in [0, 0.1) is 0 Å². The van der Waals surface area contributed by atoms with E-state index in [1.165, 1.54) is 10.6 Å². The fourth-order valence-corrected chi connectivity index (χ4v) is 4.02. The van der Waals surface area contributed by atoms with Crippen molar-refractivity contribution in [2.75, 3.05) is 23.7 Å². The summed E-state index contributed by atoms with van der Waals surface area (Å²) in [6, 6.07) is 7.08. The maximum Gasteiger partial charge on any atom is 0.251 e. The first kappa shape index (κ1) is 17.5. The number of anilines is 1. The van der Waals surface area contributed by atoms with Crippen molar-refractivity contribution in [3.05, 3.63) is 47.8 Å². The monoisotopic (exact) mass is 362 g/mol. The van der Waals surface area contributed by atoms with Gasteiger partial charge in [-0.05, 0) is 49.1 Å². The van der Waals surface area contributed by atoms with Crippen LogP contribution in [0.15, 0.2) is 36.7 Å². The molecule has 0 radical (unpaired) electrons. The Hall–Kier alpha value is -2.35. The lowest BCUT2D eigenvalue weighted by Crippen LogP contribution is -2.34. The van der Waals surface area contributed by atoms with Crippen LogP contribution in [0.25, 0.3) is 0 Å². The third-order valence-electron chi connectivity index (χ3n) is 4.23. The van der Waals surface area contributed by atoms with Gasteiger partial charge in [0.05, 0.1) is 11.9 Å². The van der Waals surface area contributed by atoms with E-state index in [2.05, 4.69) is 10.4 Å². The van der Waals surface area contributed by atoms with E-state index in [0.29, 0.717) is 24.3 Å². The standard InChI is InChI=1S/C17H22N4O3S/c1-25(23,24)21-12-2-5-14-13-15(6-7-16(14)21)17(22)18-8-3-10-20-11-4-9-19-20/h4,6-7,9,11,13H,2-3,5,8,10,12H2,1H3,(H,18,22). The van der Waals surface area contributed by atoms with Crippen molar-refractivity contribution < 1.29 is 13.2 Å². The fourth-order valence-electron chi connectivity index (χ4n) is 3.03. The largest absolute Gasteiger partial charge is 0.352 e. The van der Waals surface area contributed by atoms with Gasteiger partial charge < -0.3 is 5.32 Å². The summed E-state index contributed by atoms with van der Waals surface area (Å²) in [6.07, 6.45) is 7.16. The molecule has 2 heterocycles. The minimum Gasteiger partial charge on any atom is -0.352 e. The quantitative estimate of drug-likeness (QED) is 0.788. The van der Waals surface area contributed by atoms with Gasteiger partial charge in [0.15, 0.2) is 0 Å². The number of benzene rings is 1. The van der Waals surface area contributed by atoms with Crippen LogP contribution in [-0.4, -0.2) is 43.5 Å². The van der Waals surface area contributed by atoms with Gasteiger partial charge in [-0.15, -0.1) is 0 Å². The number of amides is 1. The Morgan fingerprint density at radius 2 is 2.20 bits per heavy atom. The molecule has 0 spiro atoms. The van der Waals surface area contributed by atoms with Gasteiger partial charge in [-0.1, -0.05) is 0 Å². The Balaban J connectivity index is 1.62. The number of aryl methyl sites for hydroxylation is 2. The molecule has 2 aromatic rings. The van der Waals surface area contributed by atoms with Gasteiger partial charge in [0.2, 0.25) is 10.0 Å². The van der Waals surface area contributed by atoms with Crippen LogP contribution in [0.2, 0.25) is 0 Å². The van der Waals surface area contributed by atoms with E-state index in [-0.39, 0.29) is 5.91 Å². The van der Waals surface area contributed by atoms with E-state index >= 15 is 0 Å². The second-order valence-corrected chi connectivity index (χ2v) is 8.07. The van der Waals surface area contributed by atoms with Crippen molar-refractivity contribution in [2.45, 2.75) is 25.8 Å². The fraction of sp³-hybridized carbons (Fsp3) is 0.412. The van der Waals surface area contributed by atoms with E-state index in [4.69, 9.17) is 0 Å². The van der Waals surface area contributed by atoms with Crippen LogP contribution in [0.1, 0.15) is 28.8 Å². The molecule has 0 saturated carbocycles. The molecule has 1 aliphatic rings. The van der Waals surface area contributed by atoms with Crippen molar-refractivity contribution in [3.8, 4) is 0 Å². The number of hydrogen-bond donors (Lipinski definition) is 1. The molecule has 0 aliphatic carbocycles. The first-order valence-corrected chi connectivity index (χ1v) is 10.2. The van der Waals surface area contributed by atoms with Crippen molar-refractivity contribution in [1.82, 2.24) is 15.1 Å². The number of nitrogens with zero attached hydrogens (tertiary/aromatic N) is 3. The number of nitrogens with one attached hydrogen (secondary N) is 1. The summed E-state index contributed by atoms with van der Waals surface area (Å²) < 4.78 is 27.0.